The monoisotopic (exact) mass is 463 g/mol. The maximum Gasteiger partial charge on any atom is 0.339 e. The molecule has 2 aromatic carbocycles. The number of nitrogen functional groups attached to an aromatic ring is 1. The topological polar surface area (TPSA) is 118 Å². The van der Waals surface area contributed by atoms with Crippen molar-refractivity contribution in [1.29, 1.82) is 0 Å². The molecule has 0 aliphatic carbocycles. The molecule has 138 valence electrons. The van der Waals surface area contributed by atoms with E-state index in [1.54, 1.807) is 23.6 Å². The molecule has 0 spiro atoms. The van der Waals surface area contributed by atoms with Crippen LogP contribution in [0.15, 0.2) is 57.2 Å². The highest BCUT2D eigenvalue weighted by Crippen LogP contribution is 2.37. The Labute approximate surface area is 171 Å². The molecule has 0 unspecified atom stereocenters. The van der Waals surface area contributed by atoms with Crippen LogP contribution in [0.2, 0.25) is 0 Å². The lowest BCUT2D eigenvalue weighted by Gasteiger charge is -2.08. The van der Waals surface area contributed by atoms with E-state index in [2.05, 4.69) is 21.2 Å². The van der Waals surface area contributed by atoms with Crippen LogP contribution in [-0.2, 0) is 0 Å². The Morgan fingerprint density at radius 1 is 1.15 bits per heavy atom. The van der Waals surface area contributed by atoms with Gasteiger partial charge < -0.3 is 16.2 Å². The number of hydrogen-bond donors (Lipinski definition) is 4. The van der Waals surface area contributed by atoms with E-state index in [0.717, 1.165) is 22.0 Å². The van der Waals surface area contributed by atoms with Crippen molar-refractivity contribution >= 4 is 62.5 Å². The fourth-order valence-corrected chi connectivity index (χ4v) is 4.11. The van der Waals surface area contributed by atoms with Crippen molar-refractivity contribution in [2.24, 2.45) is 5.14 Å². The normalized spacial score (nSPS) is 10.6. The van der Waals surface area contributed by atoms with Gasteiger partial charge in [0.2, 0.25) is 0 Å². The lowest BCUT2D eigenvalue weighted by Crippen LogP contribution is -2.14. The van der Waals surface area contributed by atoms with Crippen molar-refractivity contribution in [2.45, 2.75) is 4.90 Å². The van der Waals surface area contributed by atoms with Crippen LogP contribution in [-0.4, -0.2) is 17.0 Å². The number of hydrogen-bond acceptors (Lipinski definition) is 6. The van der Waals surface area contributed by atoms with Crippen molar-refractivity contribution in [3.05, 3.63) is 63.4 Å². The number of halogens is 1. The van der Waals surface area contributed by atoms with Gasteiger partial charge in [-0.3, -0.25) is 9.93 Å². The van der Waals surface area contributed by atoms with E-state index in [4.69, 9.17) is 10.9 Å². The maximum atomic E-state index is 12.6. The van der Waals surface area contributed by atoms with Crippen molar-refractivity contribution in [1.82, 2.24) is 0 Å². The van der Waals surface area contributed by atoms with Crippen molar-refractivity contribution in [2.75, 3.05) is 11.1 Å². The molecule has 0 radical (unpaired) electrons. The van der Waals surface area contributed by atoms with E-state index in [9.17, 15) is 14.7 Å². The van der Waals surface area contributed by atoms with Crippen LogP contribution >= 0.6 is 39.2 Å². The number of carboxylic acids is 1. The second kappa shape index (κ2) is 8.13. The fourth-order valence-electron chi connectivity index (χ4n) is 2.45. The van der Waals surface area contributed by atoms with E-state index >= 15 is 0 Å². The van der Waals surface area contributed by atoms with E-state index in [-0.39, 0.29) is 11.3 Å². The first-order chi connectivity index (χ1) is 12.9. The number of nitrogens with two attached hydrogens (primary N) is 2. The Bertz CT molecular complexity index is 1020. The van der Waals surface area contributed by atoms with Gasteiger partial charge in [-0.15, -0.1) is 11.3 Å². The van der Waals surface area contributed by atoms with Crippen LogP contribution in [0.5, 0.6) is 0 Å². The molecule has 0 aliphatic heterocycles. The molecule has 6 N–H and O–H groups in total. The van der Waals surface area contributed by atoms with Gasteiger partial charge in [0.25, 0.3) is 5.91 Å². The van der Waals surface area contributed by atoms with E-state index in [0.29, 0.717) is 21.0 Å². The van der Waals surface area contributed by atoms with Gasteiger partial charge in [-0.2, -0.15) is 0 Å². The molecular weight excluding hydrogens is 450 g/mol. The zero-order valence-corrected chi connectivity index (χ0v) is 17.0. The molecule has 1 heterocycles. The van der Waals surface area contributed by atoms with Crippen molar-refractivity contribution in [3.8, 4) is 10.4 Å². The van der Waals surface area contributed by atoms with Crippen LogP contribution in [0.4, 0.5) is 11.4 Å². The minimum absolute atomic E-state index is 0.0551. The number of amides is 1. The summed E-state index contributed by atoms with van der Waals surface area (Å²) in [5.74, 6) is -1.55. The lowest BCUT2D eigenvalue weighted by atomic mass is 10.1. The first-order valence-electron chi connectivity index (χ1n) is 7.59. The summed E-state index contributed by atoms with van der Waals surface area (Å²) < 4.78 is 0.894. The van der Waals surface area contributed by atoms with Gasteiger partial charge >= 0.3 is 5.97 Å². The molecule has 1 amide bonds. The number of carbonyl (C=O) groups excluding carboxylic acids is 1. The number of thiophene rings is 1. The van der Waals surface area contributed by atoms with Crippen LogP contribution in [0, 0.1) is 0 Å². The number of aromatic carboxylic acids is 1. The average molecular weight is 464 g/mol. The third-order valence-electron chi connectivity index (χ3n) is 3.76. The maximum absolute atomic E-state index is 12.6. The summed E-state index contributed by atoms with van der Waals surface area (Å²) in [6, 6.07) is 12.0. The van der Waals surface area contributed by atoms with Gasteiger partial charge in [0.15, 0.2) is 0 Å². The highest BCUT2D eigenvalue weighted by atomic mass is 79.9. The molecule has 3 rings (SSSR count). The second-order valence-corrected chi connectivity index (χ2v) is 7.96. The molecular formula is C18H14BrN3O3S2. The van der Waals surface area contributed by atoms with Gasteiger partial charge in [0.05, 0.1) is 10.6 Å². The smallest absolute Gasteiger partial charge is 0.339 e. The Hall–Kier alpha value is -2.33. The van der Waals surface area contributed by atoms with Crippen molar-refractivity contribution in [3.63, 3.8) is 0 Å². The summed E-state index contributed by atoms with van der Waals surface area (Å²) in [5, 5.41) is 19.5. The minimum atomic E-state index is -1.11. The predicted octanol–water partition coefficient (Wildman–Crippen LogP) is 4.68. The summed E-state index contributed by atoms with van der Waals surface area (Å²) >= 11 is 5.56. The lowest BCUT2D eigenvalue weighted by molar-refractivity contribution is 0.0699. The number of carbonyl (C=O) groups is 2. The molecule has 0 atom stereocenters. The Morgan fingerprint density at radius 2 is 1.85 bits per heavy atom. The minimum Gasteiger partial charge on any atom is -0.478 e. The Kier molecular flexibility index (Phi) is 5.85. The van der Waals surface area contributed by atoms with Gasteiger partial charge in [-0.1, -0.05) is 28.1 Å². The van der Waals surface area contributed by atoms with E-state index in [1.807, 2.05) is 24.3 Å². The predicted molar refractivity (Wildman–Crippen MR) is 113 cm³/mol. The summed E-state index contributed by atoms with van der Waals surface area (Å²) in [7, 11) is 0. The number of anilines is 2. The third-order valence-corrected chi connectivity index (χ3v) is 5.93. The quantitative estimate of drug-likeness (QED) is 0.322. The number of nitrogens with one attached hydrogen (secondary N) is 1. The molecule has 27 heavy (non-hydrogen) atoms. The molecule has 1 aromatic heterocycles. The largest absolute Gasteiger partial charge is 0.478 e. The first-order valence-corrected chi connectivity index (χ1v) is 10.1. The standard InChI is InChI=1S/C18H14BrN3O3S2/c19-11-4-1-9(2-5-11)16-15(18(24)25)13(8-26-16)22-17(23)10-3-6-12(20)14(7-10)27-21/h1-8H,20-21H2,(H,22,23)(H,24,25). The van der Waals surface area contributed by atoms with E-state index < -0.39 is 11.9 Å². The van der Waals surface area contributed by atoms with Crippen LogP contribution in [0.1, 0.15) is 20.7 Å². The van der Waals surface area contributed by atoms with Gasteiger partial charge in [0.1, 0.15) is 5.56 Å². The van der Waals surface area contributed by atoms with Gasteiger partial charge in [-0.25, -0.2) is 4.79 Å². The molecule has 0 aliphatic rings. The molecule has 9 heteroatoms. The molecule has 0 fully saturated rings. The van der Waals surface area contributed by atoms with Crippen LogP contribution < -0.4 is 16.2 Å². The summed E-state index contributed by atoms with van der Waals surface area (Å²) in [6.07, 6.45) is 0. The summed E-state index contributed by atoms with van der Waals surface area (Å²) in [6.45, 7) is 0. The fraction of sp³-hybridized carbons (Fsp3) is 0. The number of benzene rings is 2. The molecule has 6 nitrogen and oxygen atoms in total. The highest BCUT2D eigenvalue weighted by Gasteiger charge is 2.21. The first kappa shape index (κ1) is 19.4. The Balaban J connectivity index is 1.94. The van der Waals surface area contributed by atoms with Crippen molar-refractivity contribution < 1.29 is 14.7 Å². The number of rotatable bonds is 5. The van der Waals surface area contributed by atoms with Gasteiger partial charge in [-0.05, 0) is 47.8 Å². The zero-order valence-electron chi connectivity index (χ0n) is 13.7. The Morgan fingerprint density at radius 3 is 2.48 bits per heavy atom. The second-order valence-electron chi connectivity index (χ2n) is 5.49. The molecule has 0 saturated heterocycles. The van der Waals surface area contributed by atoms with Crippen LogP contribution in [0.25, 0.3) is 10.4 Å². The molecule has 3 aromatic rings. The summed E-state index contributed by atoms with van der Waals surface area (Å²) in [4.78, 5) is 25.5. The SMILES string of the molecule is NSc1cc(C(=O)Nc2csc(-c3ccc(Br)cc3)c2C(=O)O)ccc1N. The molecule has 0 bridgehead atoms. The average Bonchev–Trinajstić information content (AvgIpc) is 3.06. The summed E-state index contributed by atoms with van der Waals surface area (Å²) in [5.41, 5.74) is 7.65. The highest BCUT2D eigenvalue weighted by molar-refractivity contribution is 9.10. The molecule has 0 saturated carbocycles. The zero-order chi connectivity index (χ0) is 19.6. The van der Waals surface area contributed by atoms with Crippen LogP contribution in [0.3, 0.4) is 0 Å². The number of carboxylic acid groups (broad SMARTS) is 1. The van der Waals surface area contributed by atoms with E-state index in [1.165, 1.54) is 11.3 Å². The van der Waals surface area contributed by atoms with Gasteiger partial charge in [0, 0.05) is 26.0 Å². The third kappa shape index (κ3) is 4.16.